The number of rotatable bonds is 3. The van der Waals surface area contributed by atoms with Crippen LogP contribution in [0.15, 0.2) is 54.3 Å². The van der Waals surface area contributed by atoms with Gasteiger partial charge in [-0.2, -0.15) is 13.2 Å². The Labute approximate surface area is 158 Å². The molecule has 0 amide bonds. The van der Waals surface area contributed by atoms with Gasteiger partial charge in [-0.1, -0.05) is 18.2 Å². The number of anilines is 1. The number of imidazole rings is 1. The predicted octanol–water partition coefficient (Wildman–Crippen LogP) is 4.84. The largest absolute Gasteiger partial charge is 0.509 e. The monoisotopic (exact) mass is 386 g/mol. The number of amidine groups is 1. The van der Waals surface area contributed by atoms with Crippen molar-refractivity contribution in [2.45, 2.75) is 19.6 Å². The molecule has 144 valence electrons. The molecule has 0 unspecified atom stereocenters. The minimum absolute atomic E-state index is 0.0810. The summed E-state index contributed by atoms with van der Waals surface area (Å²) in [5.41, 5.74) is 1.22. The second-order valence-corrected chi connectivity index (χ2v) is 6.47. The van der Waals surface area contributed by atoms with Crippen molar-refractivity contribution in [1.82, 2.24) is 9.55 Å². The summed E-state index contributed by atoms with van der Waals surface area (Å²) in [7, 11) is 0. The normalized spacial score (nSPS) is 15.1. The van der Waals surface area contributed by atoms with Crippen molar-refractivity contribution in [2.75, 3.05) is 11.4 Å². The Morgan fingerprint density at radius 1 is 1.14 bits per heavy atom. The van der Waals surface area contributed by atoms with Gasteiger partial charge in [0.2, 0.25) is 0 Å². The van der Waals surface area contributed by atoms with Crippen LogP contribution < -0.4 is 4.90 Å². The third-order valence-corrected chi connectivity index (χ3v) is 4.78. The van der Waals surface area contributed by atoms with E-state index in [0.29, 0.717) is 12.4 Å². The minimum atomic E-state index is -4.48. The molecule has 1 aliphatic rings. The Morgan fingerprint density at radius 2 is 1.89 bits per heavy atom. The van der Waals surface area contributed by atoms with Gasteiger partial charge < -0.3 is 14.6 Å². The Morgan fingerprint density at radius 3 is 2.61 bits per heavy atom. The maximum Gasteiger partial charge on any atom is 0.416 e. The molecule has 0 aliphatic carbocycles. The molecule has 0 spiro atoms. The number of hydrogen-bond donors (Lipinski definition) is 2. The molecule has 0 saturated heterocycles. The second kappa shape index (κ2) is 6.40. The van der Waals surface area contributed by atoms with Crippen LogP contribution >= 0.6 is 0 Å². The fourth-order valence-corrected chi connectivity index (χ4v) is 3.47. The van der Waals surface area contributed by atoms with Crippen molar-refractivity contribution in [3.05, 3.63) is 65.7 Å². The van der Waals surface area contributed by atoms with E-state index >= 15 is 0 Å². The molecule has 2 aromatic carbocycles. The lowest BCUT2D eigenvalue weighted by Gasteiger charge is -2.20. The third-order valence-electron chi connectivity index (χ3n) is 4.78. The molecule has 0 bridgehead atoms. The van der Waals surface area contributed by atoms with Crippen LogP contribution in [-0.2, 0) is 12.7 Å². The number of nitrogens with zero attached hydrogens (tertiary/aromatic N) is 3. The zero-order valence-corrected chi connectivity index (χ0v) is 15.0. The van der Waals surface area contributed by atoms with Gasteiger partial charge >= 0.3 is 6.18 Å². The topological polar surface area (TPSA) is 65.1 Å². The van der Waals surface area contributed by atoms with Crippen LogP contribution in [0.2, 0.25) is 0 Å². The van der Waals surface area contributed by atoms with Gasteiger partial charge in [-0.15, -0.1) is 0 Å². The fourth-order valence-electron chi connectivity index (χ4n) is 3.47. The second-order valence-electron chi connectivity index (χ2n) is 6.47. The summed E-state index contributed by atoms with van der Waals surface area (Å²) in [6, 6.07) is 12.2. The summed E-state index contributed by atoms with van der Waals surface area (Å²) in [5.74, 6) is 0.259. The Hall–Kier alpha value is -3.29. The third kappa shape index (κ3) is 2.81. The molecule has 2 N–H and O–H groups in total. The maximum atomic E-state index is 13.0. The zero-order valence-electron chi connectivity index (χ0n) is 15.0. The number of aliphatic hydroxyl groups is 1. The number of alkyl halides is 3. The van der Waals surface area contributed by atoms with Gasteiger partial charge in [0, 0.05) is 12.2 Å². The van der Waals surface area contributed by atoms with Gasteiger partial charge in [-0.25, -0.2) is 4.98 Å². The van der Waals surface area contributed by atoms with E-state index in [4.69, 9.17) is 5.41 Å². The number of para-hydroxylation sites is 2. The van der Waals surface area contributed by atoms with Crippen molar-refractivity contribution in [3.8, 4) is 0 Å². The van der Waals surface area contributed by atoms with E-state index in [2.05, 4.69) is 4.98 Å². The average Bonchev–Trinajstić information content (AvgIpc) is 3.17. The minimum Gasteiger partial charge on any atom is -0.509 e. The van der Waals surface area contributed by atoms with E-state index in [-0.39, 0.29) is 29.4 Å². The lowest BCUT2D eigenvalue weighted by atomic mass is 10.1. The first kappa shape index (κ1) is 18.1. The first-order chi connectivity index (χ1) is 13.3. The summed E-state index contributed by atoms with van der Waals surface area (Å²) in [5, 5.41) is 19.1. The van der Waals surface area contributed by atoms with Gasteiger partial charge in [0.1, 0.15) is 17.4 Å². The first-order valence-corrected chi connectivity index (χ1v) is 8.72. The quantitative estimate of drug-likeness (QED) is 0.677. The Bertz CT molecular complexity index is 1110. The molecule has 0 saturated carbocycles. The number of halogens is 3. The lowest BCUT2D eigenvalue weighted by molar-refractivity contribution is -0.137. The molecule has 0 atom stereocenters. The van der Waals surface area contributed by atoms with Gasteiger partial charge in [0.15, 0.2) is 0 Å². The molecule has 0 radical (unpaired) electrons. The molecule has 3 aromatic rings. The highest BCUT2D eigenvalue weighted by atomic mass is 19.4. The van der Waals surface area contributed by atoms with Crippen LogP contribution in [0.5, 0.6) is 0 Å². The van der Waals surface area contributed by atoms with E-state index in [1.54, 1.807) is 0 Å². The van der Waals surface area contributed by atoms with Gasteiger partial charge in [0.25, 0.3) is 0 Å². The predicted molar refractivity (Wildman–Crippen MR) is 101 cm³/mol. The maximum absolute atomic E-state index is 13.0. The summed E-state index contributed by atoms with van der Waals surface area (Å²) in [4.78, 5) is 5.90. The highest BCUT2D eigenvalue weighted by Crippen LogP contribution is 2.35. The number of hydrogen-bond acceptors (Lipinski definition) is 3. The SMILES string of the molecule is CCn1c(C2=C(O)CN(c3cccc(C(F)(F)F)c3)C2=N)nc2ccccc21. The van der Waals surface area contributed by atoms with Gasteiger partial charge in [-0.3, -0.25) is 5.41 Å². The first-order valence-electron chi connectivity index (χ1n) is 8.72. The van der Waals surface area contributed by atoms with Crippen molar-refractivity contribution in [2.24, 2.45) is 0 Å². The number of fused-ring (bicyclic) bond motifs is 1. The lowest BCUT2D eigenvalue weighted by Crippen LogP contribution is -2.27. The molecule has 5 nitrogen and oxygen atoms in total. The Kier molecular flexibility index (Phi) is 4.14. The molecule has 0 fully saturated rings. The standard InChI is InChI=1S/C20H17F3N4O/c1-2-26-15-9-4-3-8-14(15)25-19(26)17-16(28)11-27(18(17)24)13-7-5-6-12(10-13)20(21,22)23/h3-10,24,28H,2,11H2,1H3. The van der Waals surface area contributed by atoms with E-state index < -0.39 is 11.7 Å². The van der Waals surface area contributed by atoms with Crippen molar-refractivity contribution in [3.63, 3.8) is 0 Å². The number of aryl methyl sites for hydroxylation is 1. The molecule has 1 aliphatic heterocycles. The van der Waals surface area contributed by atoms with Crippen LogP contribution in [0.25, 0.3) is 16.6 Å². The molecule has 1 aromatic heterocycles. The van der Waals surface area contributed by atoms with Crippen LogP contribution in [0.4, 0.5) is 18.9 Å². The highest BCUT2D eigenvalue weighted by molar-refractivity contribution is 6.30. The number of aliphatic hydroxyl groups excluding tert-OH is 1. The highest BCUT2D eigenvalue weighted by Gasteiger charge is 2.35. The number of benzene rings is 2. The Balaban J connectivity index is 1.76. The van der Waals surface area contributed by atoms with E-state index in [1.807, 2.05) is 35.8 Å². The van der Waals surface area contributed by atoms with Gasteiger partial charge in [0.05, 0.1) is 28.7 Å². The van der Waals surface area contributed by atoms with Crippen molar-refractivity contribution >= 4 is 28.1 Å². The number of aromatic nitrogens is 2. The summed E-state index contributed by atoms with van der Waals surface area (Å²) in [6.07, 6.45) is -4.48. The molecular formula is C20H17F3N4O. The number of nitrogens with one attached hydrogen (secondary N) is 1. The molecule has 8 heteroatoms. The zero-order chi connectivity index (χ0) is 20.1. The van der Waals surface area contributed by atoms with Crippen LogP contribution in [0.1, 0.15) is 18.3 Å². The molecule has 2 heterocycles. The summed E-state index contributed by atoms with van der Waals surface area (Å²) >= 11 is 0. The fraction of sp³-hybridized carbons (Fsp3) is 0.200. The van der Waals surface area contributed by atoms with E-state index in [1.165, 1.54) is 17.0 Å². The summed E-state index contributed by atoms with van der Waals surface area (Å²) in [6.45, 7) is 2.42. The van der Waals surface area contributed by atoms with E-state index in [0.717, 1.165) is 23.2 Å². The van der Waals surface area contributed by atoms with Crippen molar-refractivity contribution in [1.29, 1.82) is 5.41 Å². The van der Waals surface area contributed by atoms with Crippen LogP contribution in [0.3, 0.4) is 0 Å². The molecule has 4 rings (SSSR count). The van der Waals surface area contributed by atoms with Crippen LogP contribution in [-0.4, -0.2) is 27.0 Å². The summed E-state index contributed by atoms with van der Waals surface area (Å²) < 4.78 is 41.0. The van der Waals surface area contributed by atoms with E-state index in [9.17, 15) is 18.3 Å². The molecule has 28 heavy (non-hydrogen) atoms. The van der Waals surface area contributed by atoms with Crippen LogP contribution in [0, 0.1) is 5.41 Å². The van der Waals surface area contributed by atoms with Crippen molar-refractivity contribution < 1.29 is 18.3 Å². The van der Waals surface area contributed by atoms with Gasteiger partial charge in [-0.05, 0) is 37.3 Å². The average molecular weight is 386 g/mol. The smallest absolute Gasteiger partial charge is 0.416 e. The molecular weight excluding hydrogens is 369 g/mol.